The van der Waals surface area contributed by atoms with E-state index in [1.165, 1.54) is 0 Å². The average Bonchev–Trinajstić information content (AvgIpc) is 2.35. The van der Waals surface area contributed by atoms with Crippen LogP contribution in [0.3, 0.4) is 0 Å². The molecule has 0 heterocycles. The van der Waals surface area contributed by atoms with Gasteiger partial charge in [0, 0.05) is 12.1 Å². The van der Waals surface area contributed by atoms with Gasteiger partial charge in [-0.3, -0.25) is 0 Å². The molecule has 0 radical (unpaired) electrons. The highest BCUT2D eigenvalue weighted by Crippen LogP contribution is 1.96. The van der Waals surface area contributed by atoms with Crippen molar-refractivity contribution in [3.8, 4) is 0 Å². The van der Waals surface area contributed by atoms with Crippen LogP contribution in [0.1, 0.15) is 27.7 Å². The molecule has 4 unspecified atom stereocenters. The van der Waals surface area contributed by atoms with E-state index in [0.29, 0.717) is 39.6 Å². The molecule has 0 spiro atoms. The Morgan fingerprint density at radius 1 is 0.650 bits per heavy atom. The van der Waals surface area contributed by atoms with E-state index >= 15 is 0 Å². The lowest BCUT2D eigenvalue weighted by Gasteiger charge is -2.16. The fourth-order valence-electron chi connectivity index (χ4n) is 1.39. The summed E-state index contributed by atoms with van der Waals surface area (Å²) in [6.45, 7) is 11.1. The van der Waals surface area contributed by atoms with Crippen molar-refractivity contribution in [3.05, 3.63) is 0 Å². The van der Waals surface area contributed by atoms with E-state index in [-0.39, 0.29) is 24.3 Å². The van der Waals surface area contributed by atoms with Crippen molar-refractivity contribution >= 4 is 0 Å². The van der Waals surface area contributed by atoms with Gasteiger partial charge >= 0.3 is 0 Å². The fraction of sp³-hybridized carbons (Fsp3) is 1.00. The SMILES string of the molecule is CC(N)COCC(C)OCCOCC(C)OCC(C)N. The first kappa shape index (κ1) is 19.8. The van der Waals surface area contributed by atoms with E-state index in [2.05, 4.69) is 0 Å². The van der Waals surface area contributed by atoms with Crippen LogP contribution in [0.25, 0.3) is 0 Å². The van der Waals surface area contributed by atoms with Gasteiger partial charge in [-0.1, -0.05) is 0 Å². The third kappa shape index (κ3) is 14.2. The van der Waals surface area contributed by atoms with Crippen LogP contribution in [0.4, 0.5) is 0 Å². The highest BCUT2D eigenvalue weighted by atomic mass is 16.6. The summed E-state index contributed by atoms with van der Waals surface area (Å²) >= 11 is 0. The van der Waals surface area contributed by atoms with Crippen LogP contribution >= 0.6 is 0 Å². The van der Waals surface area contributed by atoms with Gasteiger partial charge in [0.2, 0.25) is 0 Å². The van der Waals surface area contributed by atoms with E-state index in [4.69, 9.17) is 30.4 Å². The van der Waals surface area contributed by atoms with Gasteiger partial charge in [0.25, 0.3) is 0 Å². The predicted octanol–water partition coefficient (Wildman–Crippen LogP) is 0.524. The maximum Gasteiger partial charge on any atom is 0.0781 e. The molecule has 20 heavy (non-hydrogen) atoms. The molecule has 0 saturated heterocycles. The standard InChI is InChI=1S/C14H32N2O4/c1-11(15)7-18-10-13(3)19-6-5-17-9-14(4)20-8-12(2)16/h11-14H,5-10,15-16H2,1-4H3. The molecule has 0 aromatic rings. The molecule has 0 amide bonds. The fourth-order valence-corrected chi connectivity index (χ4v) is 1.39. The van der Waals surface area contributed by atoms with Crippen LogP contribution in [-0.2, 0) is 18.9 Å². The first-order valence-corrected chi connectivity index (χ1v) is 7.31. The highest BCUT2D eigenvalue weighted by molar-refractivity contribution is 4.54. The Bertz CT molecular complexity index is 215. The van der Waals surface area contributed by atoms with Crippen molar-refractivity contribution in [2.45, 2.75) is 52.0 Å². The summed E-state index contributed by atoms with van der Waals surface area (Å²) in [7, 11) is 0. The predicted molar refractivity (Wildman–Crippen MR) is 79.8 cm³/mol. The number of rotatable bonds is 13. The molecule has 0 rings (SSSR count). The van der Waals surface area contributed by atoms with Gasteiger partial charge < -0.3 is 30.4 Å². The summed E-state index contributed by atoms with van der Waals surface area (Å²) in [6, 6.07) is 0.112. The molecule has 122 valence electrons. The van der Waals surface area contributed by atoms with Gasteiger partial charge in [-0.2, -0.15) is 0 Å². The first-order chi connectivity index (χ1) is 9.41. The average molecular weight is 292 g/mol. The Hall–Kier alpha value is -0.240. The second kappa shape index (κ2) is 12.5. The van der Waals surface area contributed by atoms with Crippen LogP contribution in [0.2, 0.25) is 0 Å². The van der Waals surface area contributed by atoms with Crippen LogP contribution in [0.15, 0.2) is 0 Å². The molecule has 6 heteroatoms. The van der Waals surface area contributed by atoms with E-state index in [1.807, 2.05) is 27.7 Å². The smallest absolute Gasteiger partial charge is 0.0781 e. The molecule has 0 aliphatic rings. The van der Waals surface area contributed by atoms with Crippen LogP contribution in [-0.4, -0.2) is 63.9 Å². The van der Waals surface area contributed by atoms with Gasteiger partial charge in [-0.15, -0.1) is 0 Å². The van der Waals surface area contributed by atoms with Crippen molar-refractivity contribution in [2.75, 3.05) is 39.6 Å². The largest absolute Gasteiger partial charge is 0.377 e. The molecule has 0 fully saturated rings. The lowest BCUT2D eigenvalue weighted by Crippen LogP contribution is -2.28. The molecule has 0 saturated carbocycles. The number of ether oxygens (including phenoxy) is 4. The van der Waals surface area contributed by atoms with Crippen LogP contribution in [0, 0.1) is 0 Å². The third-order valence-electron chi connectivity index (χ3n) is 2.36. The van der Waals surface area contributed by atoms with Crippen molar-refractivity contribution < 1.29 is 18.9 Å². The molecule has 0 aliphatic heterocycles. The highest BCUT2D eigenvalue weighted by Gasteiger charge is 2.05. The van der Waals surface area contributed by atoms with E-state index < -0.39 is 0 Å². The lowest BCUT2D eigenvalue weighted by atomic mass is 10.4. The van der Waals surface area contributed by atoms with Crippen molar-refractivity contribution in [3.63, 3.8) is 0 Å². The summed E-state index contributed by atoms with van der Waals surface area (Å²) in [6.07, 6.45) is 0.0944. The Morgan fingerprint density at radius 3 is 1.80 bits per heavy atom. The third-order valence-corrected chi connectivity index (χ3v) is 2.36. The molecule has 0 aromatic heterocycles. The summed E-state index contributed by atoms with van der Waals surface area (Å²) < 4.78 is 21.9. The zero-order valence-electron chi connectivity index (χ0n) is 13.3. The molecular formula is C14H32N2O4. The topological polar surface area (TPSA) is 89.0 Å². The summed E-state index contributed by atoms with van der Waals surface area (Å²) in [5.41, 5.74) is 11.2. The zero-order chi connectivity index (χ0) is 15.4. The van der Waals surface area contributed by atoms with Gasteiger partial charge in [-0.05, 0) is 27.7 Å². The Kier molecular flexibility index (Phi) is 12.3. The van der Waals surface area contributed by atoms with Gasteiger partial charge in [-0.25, -0.2) is 0 Å². The Labute approximate surface area is 123 Å². The molecule has 0 aromatic carbocycles. The molecule has 0 bridgehead atoms. The molecule has 4 atom stereocenters. The Balaban J connectivity index is 3.34. The quantitative estimate of drug-likeness (QED) is 0.481. The minimum absolute atomic E-state index is 0.0455. The van der Waals surface area contributed by atoms with Gasteiger partial charge in [0.1, 0.15) is 0 Å². The number of nitrogens with two attached hydrogens (primary N) is 2. The molecule has 4 N–H and O–H groups in total. The first-order valence-electron chi connectivity index (χ1n) is 7.31. The molecular weight excluding hydrogens is 260 g/mol. The number of hydrogen-bond donors (Lipinski definition) is 2. The maximum absolute atomic E-state index is 5.60. The Morgan fingerprint density at radius 2 is 1.20 bits per heavy atom. The van der Waals surface area contributed by atoms with Crippen molar-refractivity contribution in [1.82, 2.24) is 0 Å². The summed E-state index contributed by atoms with van der Waals surface area (Å²) in [4.78, 5) is 0. The van der Waals surface area contributed by atoms with Crippen molar-refractivity contribution in [1.29, 1.82) is 0 Å². The minimum atomic E-state index is 0.0455. The van der Waals surface area contributed by atoms with Crippen LogP contribution in [0.5, 0.6) is 0 Å². The number of hydrogen-bond acceptors (Lipinski definition) is 6. The van der Waals surface area contributed by atoms with E-state index in [9.17, 15) is 0 Å². The monoisotopic (exact) mass is 292 g/mol. The van der Waals surface area contributed by atoms with E-state index in [0.717, 1.165) is 0 Å². The lowest BCUT2D eigenvalue weighted by molar-refractivity contribution is -0.0514. The van der Waals surface area contributed by atoms with Crippen molar-refractivity contribution in [2.24, 2.45) is 11.5 Å². The summed E-state index contributed by atoms with van der Waals surface area (Å²) in [5, 5.41) is 0. The zero-order valence-corrected chi connectivity index (χ0v) is 13.3. The van der Waals surface area contributed by atoms with Gasteiger partial charge in [0.15, 0.2) is 0 Å². The second-order valence-electron chi connectivity index (χ2n) is 5.39. The second-order valence-corrected chi connectivity index (χ2v) is 5.39. The minimum Gasteiger partial charge on any atom is -0.377 e. The maximum atomic E-state index is 5.60. The van der Waals surface area contributed by atoms with Crippen LogP contribution < -0.4 is 11.5 Å². The molecule has 6 nitrogen and oxygen atoms in total. The van der Waals surface area contributed by atoms with E-state index in [1.54, 1.807) is 0 Å². The summed E-state index contributed by atoms with van der Waals surface area (Å²) in [5.74, 6) is 0. The van der Waals surface area contributed by atoms with Gasteiger partial charge in [0.05, 0.1) is 51.8 Å². The normalized spacial score (nSPS) is 17.7. The molecule has 0 aliphatic carbocycles.